The van der Waals surface area contributed by atoms with Crippen LogP contribution in [-0.2, 0) is 6.42 Å². The molecule has 3 nitrogen and oxygen atoms in total. The summed E-state index contributed by atoms with van der Waals surface area (Å²) < 4.78 is 1.07. The molecule has 0 bridgehead atoms. The van der Waals surface area contributed by atoms with Crippen molar-refractivity contribution >= 4 is 37.5 Å². The minimum atomic E-state index is -0.376. The Morgan fingerprint density at radius 3 is 2.20 bits per heavy atom. The molecule has 0 aliphatic rings. The van der Waals surface area contributed by atoms with Crippen LogP contribution in [0.15, 0.2) is 53.0 Å². The highest BCUT2D eigenvalue weighted by Crippen LogP contribution is 2.29. The van der Waals surface area contributed by atoms with Crippen LogP contribution in [0.1, 0.15) is 22.4 Å². The molecule has 0 saturated carbocycles. The van der Waals surface area contributed by atoms with Gasteiger partial charge >= 0.3 is 0 Å². The van der Waals surface area contributed by atoms with Crippen LogP contribution >= 0.6 is 31.9 Å². The molecule has 0 aromatic heterocycles. The second-order valence-electron chi connectivity index (χ2n) is 4.48. The molecule has 2 rings (SSSR count). The highest BCUT2D eigenvalue weighted by atomic mass is 79.9. The molecule has 0 aliphatic heterocycles. The first-order chi connectivity index (χ1) is 9.56. The first-order valence-corrected chi connectivity index (χ1v) is 7.90. The van der Waals surface area contributed by atoms with Crippen LogP contribution in [0.25, 0.3) is 0 Å². The lowest BCUT2D eigenvalue weighted by atomic mass is 10.0. The topological polar surface area (TPSA) is 43.1 Å². The van der Waals surface area contributed by atoms with Crippen LogP contribution in [0.2, 0.25) is 0 Å². The van der Waals surface area contributed by atoms with Crippen molar-refractivity contribution < 1.29 is 4.92 Å². The van der Waals surface area contributed by atoms with E-state index in [4.69, 9.17) is 0 Å². The number of rotatable bonds is 5. The van der Waals surface area contributed by atoms with Gasteiger partial charge in [-0.2, -0.15) is 0 Å². The fourth-order valence-electron chi connectivity index (χ4n) is 1.92. The Bertz CT molecular complexity index is 582. The SMILES string of the molecule is O=[N+]([O-])c1ccc(CCC(Br)c2ccc(Br)cc2)cc1. The van der Waals surface area contributed by atoms with Crippen molar-refractivity contribution in [2.24, 2.45) is 0 Å². The number of benzene rings is 2. The first-order valence-electron chi connectivity index (χ1n) is 6.19. The summed E-state index contributed by atoms with van der Waals surface area (Å²) in [6.45, 7) is 0. The Kier molecular flexibility index (Phi) is 5.31. The summed E-state index contributed by atoms with van der Waals surface area (Å²) in [5, 5.41) is 10.6. The van der Waals surface area contributed by atoms with Crippen molar-refractivity contribution in [3.8, 4) is 0 Å². The molecule has 2 aromatic carbocycles. The number of nitro groups is 1. The van der Waals surface area contributed by atoms with Crippen LogP contribution in [0, 0.1) is 10.1 Å². The van der Waals surface area contributed by atoms with E-state index in [-0.39, 0.29) is 15.4 Å². The number of nitro benzene ring substituents is 1. The van der Waals surface area contributed by atoms with Gasteiger partial charge in [0.15, 0.2) is 0 Å². The van der Waals surface area contributed by atoms with Gasteiger partial charge in [-0.3, -0.25) is 10.1 Å². The summed E-state index contributed by atoms with van der Waals surface area (Å²) in [5.41, 5.74) is 2.48. The average Bonchev–Trinajstić information content (AvgIpc) is 2.46. The molecule has 0 amide bonds. The minimum absolute atomic E-state index is 0.136. The second kappa shape index (κ2) is 6.99. The van der Waals surface area contributed by atoms with Crippen LogP contribution in [-0.4, -0.2) is 4.92 Å². The molecule has 0 fully saturated rings. The Hall–Kier alpha value is -1.20. The zero-order valence-corrected chi connectivity index (χ0v) is 13.8. The fourth-order valence-corrected chi connectivity index (χ4v) is 2.71. The molecule has 0 aliphatic carbocycles. The van der Waals surface area contributed by atoms with Gasteiger partial charge < -0.3 is 0 Å². The third kappa shape index (κ3) is 4.15. The Morgan fingerprint density at radius 1 is 1.05 bits per heavy atom. The van der Waals surface area contributed by atoms with E-state index in [2.05, 4.69) is 44.0 Å². The summed E-state index contributed by atoms with van der Waals surface area (Å²) in [7, 11) is 0. The molecule has 104 valence electrons. The molecule has 0 spiro atoms. The van der Waals surface area contributed by atoms with E-state index in [9.17, 15) is 10.1 Å². The summed E-state index contributed by atoms with van der Waals surface area (Å²) in [6, 6.07) is 15.0. The van der Waals surface area contributed by atoms with Crippen LogP contribution in [0.3, 0.4) is 0 Å². The molecule has 20 heavy (non-hydrogen) atoms. The number of hydrogen-bond donors (Lipinski definition) is 0. The lowest BCUT2D eigenvalue weighted by molar-refractivity contribution is -0.384. The predicted molar refractivity (Wildman–Crippen MR) is 87.2 cm³/mol. The van der Waals surface area contributed by atoms with E-state index >= 15 is 0 Å². The monoisotopic (exact) mass is 397 g/mol. The molecule has 5 heteroatoms. The largest absolute Gasteiger partial charge is 0.269 e. The quantitative estimate of drug-likeness (QED) is 0.383. The van der Waals surface area contributed by atoms with Gasteiger partial charge in [0.2, 0.25) is 0 Å². The Balaban J connectivity index is 1.94. The van der Waals surface area contributed by atoms with E-state index in [0.29, 0.717) is 0 Å². The number of nitrogens with zero attached hydrogens (tertiary/aromatic N) is 1. The molecule has 0 N–H and O–H groups in total. The van der Waals surface area contributed by atoms with E-state index in [1.807, 2.05) is 24.3 Å². The molecule has 1 atom stereocenters. The molecular formula is C15H13Br2NO2. The molecule has 0 radical (unpaired) electrons. The van der Waals surface area contributed by atoms with E-state index < -0.39 is 0 Å². The van der Waals surface area contributed by atoms with Crippen LogP contribution in [0.4, 0.5) is 5.69 Å². The van der Waals surface area contributed by atoms with Crippen molar-refractivity contribution in [3.63, 3.8) is 0 Å². The smallest absolute Gasteiger partial charge is 0.258 e. The first kappa shape index (κ1) is 15.2. The van der Waals surface area contributed by atoms with Crippen molar-refractivity contribution in [2.45, 2.75) is 17.7 Å². The van der Waals surface area contributed by atoms with Gasteiger partial charge in [-0.05, 0) is 36.1 Å². The Labute approximate surface area is 134 Å². The summed E-state index contributed by atoms with van der Waals surface area (Å²) in [4.78, 5) is 10.5. The third-order valence-corrected chi connectivity index (χ3v) is 4.58. The van der Waals surface area contributed by atoms with Gasteiger partial charge in [0.1, 0.15) is 0 Å². The van der Waals surface area contributed by atoms with Crippen LogP contribution < -0.4 is 0 Å². The maximum Gasteiger partial charge on any atom is 0.269 e. The zero-order chi connectivity index (χ0) is 14.5. The van der Waals surface area contributed by atoms with E-state index in [1.54, 1.807) is 12.1 Å². The molecule has 1 unspecified atom stereocenters. The van der Waals surface area contributed by atoms with Crippen molar-refractivity contribution in [1.29, 1.82) is 0 Å². The van der Waals surface area contributed by atoms with Gasteiger partial charge in [0.25, 0.3) is 5.69 Å². The normalized spacial score (nSPS) is 12.1. The van der Waals surface area contributed by atoms with Crippen molar-refractivity contribution in [2.75, 3.05) is 0 Å². The van der Waals surface area contributed by atoms with Gasteiger partial charge in [-0.15, -0.1) is 0 Å². The van der Waals surface area contributed by atoms with E-state index in [1.165, 1.54) is 5.56 Å². The van der Waals surface area contributed by atoms with Crippen molar-refractivity contribution in [3.05, 3.63) is 74.2 Å². The number of hydrogen-bond acceptors (Lipinski definition) is 2. The zero-order valence-electron chi connectivity index (χ0n) is 10.6. The summed E-state index contributed by atoms with van der Waals surface area (Å²) >= 11 is 7.10. The molecular weight excluding hydrogens is 386 g/mol. The number of alkyl halides is 1. The average molecular weight is 399 g/mol. The predicted octanol–water partition coefficient (Wildman–Crippen LogP) is 5.43. The van der Waals surface area contributed by atoms with Gasteiger partial charge in [0.05, 0.1) is 4.92 Å². The van der Waals surface area contributed by atoms with Gasteiger partial charge in [0, 0.05) is 21.4 Å². The summed E-state index contributed by atoms with van der Waals surface area (Å²) in [5.74, 6) is 0. The second-order valence-corrected chi connectivity index (χ2v) is 6.50. The maximum absolute atomic E-state index is 10.6. The number of halogens is 2. The molecule has 2 aromatic rings. The standard InChI is InChI=1S/C15H13Br2NO2/c16-13-6-4-12(5-7-13)15(17)10-3-11-1-8-14(9-2-11)18(19)20/h1-2,4-9,15H,3,10H2. The highest BCUT2D eigenvalue weighted by Gasteiger charge is 2.09. The lowest BCUT2D eigenvalue weighted by Crippen LogP contribution is -1.94. The molecule has 0 heterocycles. The fraction of sp³-hybridized carbons (Fsp3) is 0.200. The van der Waals surface area contributed by atoms with Crippen LogP contribution in [0.5, 0.6) is 0 Å². The number of aryl methyl sites for hydroxylation is 1. The Morgan fingerprint density at radius 2 is 1.65 bits per heavy atom. The lowest BCUT2D eigenvalue weighted by Gasteiger charge is -2.10. The van der Waals surface area contributed by atoms with E-state index in [0.717, 1.165) is 22.9 Å². The van der Waals surface area contributed by atoms with Gasteiger partial charge in [-0.25, -0.2) is 0 Å². The molecule has 0 saturated heterocycles. The number of non-ortho nitro benzene ring substituents is 1. The van der Waals surface area contributed by atoms with Gasteiger partial charge in [-0.1, -0.05) is 56.1 Å². The third-order valence-electron chi connectivity index (χ3n) is 3.07. The minimum Gasteiger partial charge on any atom is -0.258 e. The maximum atomic E-state index is 10.6. The van der Waals surface area contributed by atoms with Crippen molar-refractivity contribution in [1.82, 2.24) is 0 Å². The highest BCUT2D eigenvalue weighted by molar-refractivity contribution is 9.10. The summed E-state index contributed by atoms with van der Waals surface area (Å²) in [6.07, 6.45) is 1.82.